The molecule has 104 valence electrons. The number of nitrogens with two attached hydrogens (primary N) is 1. The third-order valence-electron chi connectivity index (χ3n) is 2.78. The fraction of sp³-hybridized carbons (Fsp3) is 0.143. The first-order valence-electron chi connectivity index (χ1n) is 5.89. The van der Waals surface area contributed by atoms with Crippen molar-refractivity contribution >= 4 is 33.2 Å². The number of nitrogen functional groups attached to an aromatic ring is 1. The van der Waals surface area contributed by atoms with E-state index in [4.69, 9.17) is 10.5 Å². The van der Waals surface area contributed by atoms with E-state index in [1.807, 2.05) is 13.0 Å². The standard InChI is InChI=1S/C14H14BrN3O2/c1-8-6-9(15)7-11(16)12(8)18-13(19)10-4-3-5-17-14(10)20-2/h3-7H,16H2,1-2H3,(H,18,19). The zero-order valence-corrected chi connectivity index (χ0v) is 12.7. The second kappa shape index (κ2) is 5.92. The fourth-order valence-electron chi connectivity index (χ4n) is 1.85. The molecule has 0 aliphatic rings. The summed E-state index contributed by atoms with van der Waals surface area (Å²) in [5.41, 5.74) is 8.23. The third kappa shape index (κ3) is 2.91. The maximum Gasteiger partial charge on any atom is 0.261 e. The molecule has 1 aromatic carbocycles. The van der Waals surface area contributed by atoms with Crippen molar-refractivity contribution in [3.05, 3.63) is 46.1 Å². The number of aryl methyl sites for hydroxylation is 1. The van der Waals surface area contributed by atoms with Gasteiger partial charge in [-0.3, -0.25) is 4.79 Å². The van der Waals surface area contributed by atoms with Gasteiger partial charge in [-0.2, -0.15) is 0 Å². The molecule has 2 rings (SSSR count). The van der Waals surface area contributed by atoms with E-state index < -0.39 is 0 Å². The van der Waals surface area contributed by atoms with E-state index in [0.29, 0.717) is 16.9 Å². The summed E-state index contributed by atoms with van der Waals surface area (Å²) in [6, 6.07) is 6.94. The largest absolute Gasteiger partial charge is 0.480 e. The Hall–Kier alpha value is -2.08. The topological polar surface area (TPSA) is 77.2 Å². The molecule has 20 heavy (non-hydrogen) atoms. The Labute approximate surface area is 125 Å². The number of halogens is 1. The van der Waals surface area contributed by atoms with Crippen molar-refractivity contribution in [1.29, 1.82) is 0 Å². The van der Waals surface area contributed by atoms with E-state index in [1.165, 1.54) is 7.11 Å². The van der Waals surface area contributed by atoms with Gasteiger partial charge in [0.05, 0.1) is 18.5 Å². The van der Waals surface area contributed by atoms with Crippen LogP contribution in [0, 0.1) is 6.92 Å². The maximum absolute atomic E-state index is 12.3. The SMILES string of the molecule is COc1ncccc1C(=O)Nc1c(C)cc(Br)cc1N. The van der Waals surface area contributed by atoms with Crippen LogP contribution in [-0.4, -0.2) is 18.0 Å². The van der Waals surface area contributed by atoms with E-state index >= 15 is 0 Å². The van der Waals surface area contributed by atoms with E-state index in [0.717, 1.165) is 10.0 Å². The first kappa shape index (κ1) is 14.3. The number of carbonyl (C=O) groups excluding carboxylic acids is 1. The number of benzene rings is 1. The van der Waals surface area contributed by atoms with Crippen LogP contribution in [0.15, 0.2) is 34.9 Å². The van der Waals surface area contributed by atoms with Crippen LogP contribution in [0.1, 0.15) is 15.9 Å². The predicted octanol–water partition coefficient (Wildman–Crippen LogP) is 3.00. The van der Waals surface area contributed by atoms with Crippen molar-refractivity contribution < 1.29 is 9.53 Å². The highest BCUT2D eigenvalue weighted by molar-refractivity contribution is 9.10. The minimum absolute atomic E-state index is 0.276. The molecule has 0 saturated carbocycles. The van der Waals surface area contributed by atoms with Crippen LogP contribution >= 0.6 is 15.9 Å². The third-order valence-corrected chi connectivity index (χ3v) is 3.24. The highest BCUT2D eigenvalue weighted by atomic mass is 79.9. The molecule has 0 aliphatic heterocycles. The van der Waals surface area contributed by atoms with E-state index in [2.05, 4.69) is 26.2 Å². The molecule has 1 amide bonds. The van der Waals surface area contributed by atoms with Gasteiger partial charge < -0.3 is 15.8 Å². The molecule has 0 bridgehead atoms. The number of amides is 1. The molecule has 0 unspecified atom stereocenters. The molecule has 1 heterocycles. The lowest BCUT2D eigenvalue weighted by molar-refractivity contribution is 0.102. The number of hydrogen-bond acceptors (Lipinski definition) is 4. The molecule has 0 atom stereocenters. The summed E-state index contributed by atoms with van der Waals surface area (Å²) >= 11 is 3.36. The molecular weight excluding hydrogens is 322 g/mol. The van der Waals surface area contributed by atoms with Gasteiger partial charge in [-0.05, 0) is 36.8 Å². The van der Waals surface area contributed by atoms with Gasteiger partial charge in [0.2, 0.25) is 5.88 Å². The van der Waals surface area contributed by atoms with E-state index in [9.17, 15) is 4.79 Å². The average molecular weight is 336 g/mol. The number of nitrogens with one attached hydrogen (secondary N) is 1. The summed E-state index contributed by atoms with van der Waals surface area (Å²) in [5.74, 6) is -0.0367. The lowest BCUT2D eigenvalue weighted by Gasteiger charge is -2.13. The number of hydrogen-bond donors (Lipinski definition) is 2. The Morgan fingerprint density at radius 2 is 2.20 bits per heavy atom. The molecule has 3 N–H and O–H groups in total. The van der Waals surface area contributed by atoms with Crippen LogP contribution in [0.5, 0.6) is 5.88 Å². The molecule has 0 fully saturated rings. The van der Waals surface area contributed by atoms with Crippen LogP contribution < -0.4 is 15.8 Å². The van der Waals surface area contributed by atoms with Crippen molar-refractivity contribution in [3.63, 3.8) is 0 Å². The quantitative estimate of drug-likeness (QED) is 0.845. The smallest absolute Gasteiger partial charge is 0.261 e. The summed E-state index contributed by atoms with van der Waals surface area (Å²) in [6.07, 6.45) is 1.56. The Bertz CT molecular complexity index is 636. The summed E-state index contributed by atoms with van der Waals surface area (Å²) in [6.45, 7) is 1.87. The van der Waals surface area contributed by atoms with Crippen LogP contribution in [0.2, 0.25) is 0 Å². The minimum Gasteiger partial charge on any atom is -0.480 e. The van der Waals surface area contributed by atoms with Gasteiger partial charge in [-0.1, -0.05) is 15.9 Å². The molecule has 5 nitrogen and oxygen atoms in total. The number of anilines is 2. The fourth-order valence-corrected chi connectivity index (χ4v) is 2.44. The highest BCUT2D eigenvalue weighted by Gasteiger charge is 2.15. The zero-order chi connectivity index (χ0) is 14.7. The summed E-state index contributed by atoms with van der Waals surface area (Å²) in [5, 5.41) is 2.79. The minimum atomic E-state index is -0.313. The second-order valence-corrected chi connectivity index (χ2v) is 5.12. The van der Waals surface area contributed by atoms with E-state index in [-0.39, 0.29) is 11.8 Å². The lowest BCUT2D eigenvalue weighted by atomic mass is 10.1. The first-order valence-corrected chi connectivity index (χ1v) is 6.68. The maximum atomic E-state index is 12.3. The number of carbonyl (C=O) groups is 1. The molecule has 2 aromatic rings. The molecule has 1 aromatic heterocycles. The molecule has 0 saturated heterocycles. The number of pyridine rings is 1. The highest BCUT2D eigenvalue weighted by Crippen LogP contribution is 2.28. The van der Waals surface area contributed by atoms with Gasteiger partial charge in [0.1, 0.15) is 5.56 Å². The Morgan fingerprint density at radius 1 is 1.45 bits per heavy atom. The van der Waals surface area contributed by atoms with Gasteiger partial charge >= 0.3 is 0 Å². The molecule has 6 heteroatoms. The second-order valence-electron chi connectivity index (χ2n) is 4.20. The molecular formula is C14H14BrN3O2. The monoisotopic (exact) mass is 335 g/mol. The normalized spacial score (nSPS) is 10.2. The van der Waals surface area contributed by atoms with Gasteiger partial charge in [0.25, 0.3) is 5.91 Å². The number of methoxy groups -OCH3 is 1. The van der Waals surface area contributed by atoms with Gasteiger partial charge in [0.15, 0.2) is 0 Å². The summed E-state index contributed by atoms with van der Waals surface area (Å²) in [7, 11) is 1.47. The van der Waals surface area contributed by atoms with E-state index in [1.54, 1.807) is 24.4 Å². The summed E-state index contributed by atoms with van der Waals surface area (Å²) < 4.78 is 5.94. The Kier molecular flexibility index (Phi) is 4.24. The predicted molar refractivity (Wildman–Crippen MR) is 82.0 cm³/mol. The van der Waals surface area contributed by atoms with Crippen LogP contribution in [0.25, 0.3) is 0 Å². The summed E-state index contributed by atoms with van der Waals surface area (Å²) in [4.78, 5) is 16.3. The van der Waals surface area contributed by atoms with Crippen LogP contribution in [0.4, 0.5) is 11.4 Å². The van der Waals surface area contributed by atoms with Gasteiger partial charge in [0, 0.05) is 10.7 Å². The van der Waals surface area contributed by atoms with Crippen molar-refractivity contribution in [2.75, 3.05) is 18.2 Å². The first-order chi connectivity index (χ1) is 9.52. The number of rotatable bonds is 3. The van der Waals surface area contributed by atoms with Crippen molar-refractivity contribution in [2.45, 2.75) is 6.92 Å². The van der Waals surface area contributed by atoms with Gasteiger partial charge in [-0.25, -0.2) is 4.98 Å². The van der Waals surface area contributed by atoms with Crippen molar-refractivity contribution in [3.8, 4) is 5.88 Å². The average Bonchev–Trinajstić information content (AvgIpc) is 2.42. The number of aromatic nitrogens is 1. The molecule has 0 spiro atoms. The molecule has 0 aliphatic carbocycles. The molecule has 0 radical (unpaired) electrons. The zero-order valence-electron chi connectivity index (χ0n) is 11.1. The number of ether oxygens (including phenoxy) is 1. The Morgan fingerprint density at radius 3 is 2.85 bits per heavy atom. The van der Waals surface area contributed by atoms with Crippen LogP contribution in [-0.2, 0) is 0 Å². The van der Waals surface area contributed by atoms with Crippen LogP contribution in [0.3, 0.4) is 0 Å². The number of nitrogens with zero attached hydrogens (tertiary/aromatic N) is 1. The van der Waals surface area contributed by atoms with Crippen molar-refractivity contribution in [1.82, 2.24) is 4.98 Å². The Balaban J connectivity index is 2.33. The van der Waals surface area contributed by atoms with Crippen molar-refractivity contribution in [2.24, 2.45) is 0 Å². The lowest BCUT2D eigenvalue weighted by Crippen LogP contribution is -2.15. The van der Waals surface area contributed by atoms with Gasteiger partial charge in [-0.15, -0.1) is 0 Å².